The summed E-state index contributed by atoms with van der Waals surface area (Å²) in [6.45, 7) is 7.35. The van der Waals surface area contributed by atoms with E-state index in [0.29, 0.717) is 19.5 Å². The highest BCUT2D eigenvalue weighted by atomic mass is 32.2. The molecule has 1 unspecified atom stereocenters. The zero-order chi connectivity index (χ0) is 24.5. The molecule has 0 aliphatic carbocycles. The third kappa shape index (κ3) is 7.13. The van der Waals surface area contributed by atoms with E-state index >= 15 is 0 Å². The summed E-state index contributed by atoms with van der Waals surface area (Å²) in [4.78, 5) is 18.2. The first-order chi connectivity index (χ1) is 17.0. The van der Waals surface area contributed by atoms with Crippen LogP contribution in [0.25, 0.3) is 0 Å². The van der Waals surface area contributed by atoms with E-state index in [-0.39, 0.29) is 10.8 Å². The van der Waals surface area contributed by atoms with E-state index in [1.54, 1.807) is 30.3 Å². The summed E-state index contributed by atoms with van der Waals surface area (Å²) in [5.74, 6) is -0.168. The van der Waals surface area contributed by atoms with Gasteiger partial charge in [0.25, 0.3) is 0 Å². The third-order valence-electron chi connectivity index (χ3n) is 7.02. The molecule has 8 heteroatoms. The summed E-state index contributed by atoms with van der Waals surface area (Å²) in [6.07, 6.45) is 4.15. The molecule has 2 aliphatic rings. The fraction of sp³-hybridized carbons (Fsp3) is 0.519. The van der Waals surface area contributed by atoms with Gasteiger partial charge < -0.3 is 10.2 Å². The number of hydrogen-bond acceptors (Lipinski definition) is 5. The molecular formula is C27H38N4O3S. The minimum absolute atomic E-state index is 0.168. The molecule has 1 atom stereocenters. The van der Waals surface area contributed by atoms with Crippen LogP contribution < -0.4 is 5.32 Å². The molecule has 35 heavy (non-hydrogen) atoms. The molecule has 2 aromatic rings. The van der Waals surface area contributed by atoms with Crippen LogP contribution >= 0.6 is 0 Å². The first-order valence-electron chi connectivity index (χ1n) is 12.9. The van der Waals surface area contributed by atoms with Crippen molar-refractivity contribution in [1.29, 1.82) is 0 Å². The number of piperazine rings is 1. The van der Waals surface area contributed by atoms with E-state index in [0.717, 1.165) is 65.0 Å². The number of piperidine rings is 1. The van der Waals surface area contributed by atoms with Crippen molar-refractivity contribution in [3.63, 3.8) is 0 Å². The number of carbonyl (C=O) groups is 1. The van der Waals surface area contributed by atoms with Crippen LogP contribution in [0.3, 0.4) is 0 Å². The SMILES string of the molecule is O=C(NCCCCN1CCN(Cc2ccccc2)CC1)C1CCCCN1S(=O)(=O)c1ccccc1. The number of rotatable bonds is 10. The van der Waals surface area contributed by atoms with Gasteiger partial charge in [-0.25, -0.2) is 8.42 Å². The van der Waals surface area contributed by atoms with Crippen LogP contribution in [0.4, 0.5) is 0 Å². The lowest BCUT2D eigenvalue weighted by Crippen LogP contribution is -2.52. The predicted molar refractivity (Wildman–Crippen MR) is 138 cm³/mol. The smallest absolute Gasteiger partial charge is 0.243 e. The Balaban J connectivity index is 1.16. The van der Waals surface area contributed by atoms with Gasteiger partial charge in [0.15, 0.2) is 0 Å². The molecule has 1 amide bonds. The average molecular weight is 499 g/mol. The largest absolute Gasteiger partial charge is 0.355 e. The second-order valence-corrected chi connectivity index (χ2v) is 11.4. The van der Waals surface area contributed by atoms with Gasteiger partial charge in [-0.15, -0.1) is 0 Å². The van der Waals surface area contributed by atoms with Gasteiger partial charge in [0.2, 0.25) is 15.9 Å². The molecule has 0 saturated carbocycles. The second-order valence-electron chi connectivity index (χ2n) is 9.54. The predicted octanol–water partition coefficient (Wildman–Crippen LogP) is 2.94. The molecule has 1 N–H and O–H groups in total. The Morgan fingerprint density at radius 3 is 2.20 bits per heavy atom. The summed E-state index contributed by atoms with van der Waals surface area (Å²) >= 11 is 0. The number of hydrogen-bond donors (Lipinski definition) is 1. The van der Waals surface area contributed by atoms with Crippen LogP contribution in [0, 0.1) is 0 Å². The van der Waals surface area contributed by atoms with Gasteiger partial charge in [0, 0.05) is 45.8 Å². The van der Waals surface area contributed by atoms with Crippen molar-refractivity contribution >= 4 is 15.9 Å². The molecule has 2 aliphatic heterocycles. The van der Waals surface area contributed by atoms with Crippen molar-refractivity contribution in [3.05, 3.63) is 66.2 Å². The van der Waals surface area contributed by atoms with Crippen LogP contribution in [-0.4, -0.2) is 80.3 Å². The lowest BCUT2D eigenvalue weighted by molar-refractivity contribution is -0.125. The zero-order valence-electron chi connectivity index (χ0n) is 20.5. The van der Waals surface area contributed by atoms with Gasteiger partial charge in [-0.3, -0.25) is 9.69 Å². The van der Waals surface area contributed by atoms with Crippen molar-refractivity contribution < 1.29 is 13.2 Å². The van der Waals surface area contributed by atoms with E-state index in [9.17, 15) is 13.2 Å². The maximum atomic E-state index is 13.1. The van der Waals surface area contributed by atoms with Crippen LogP contribution in [0.1, 0.15) is 37.7 Å². The number of unbranched alkanes of at least 4 members (excludes halogenated alkanes) is 1. The molecule has 0 spiro atoms. The molecule has 2 fully saturated rings. The minimum Gasteiger partial charge on any atom is -0.355 e. The highest BCUT2D eigenvalue weighted by Crippen LogP contribution is 2.25. The Kier molecular flexibility index (Phi) is 9.31. The fourth-order valence-electron chi connectivity index (χ4n) is 4.99. The summed E-state index contributed by atoms with van der Waals surface area (Å²) in [5.41, 5.74) is 1.37. The molecule has 2 aromatic carbocycles. The quantitative estimate of drug-likeness (QED) is 0.510. The van der Waals surface area contributed by atoms with Crippen molar-refractivity contribution in [2.75, 3.05) is 45.8 Å². The number of amides is 1. The topological polar surface area (TPSA) is 73.0 Å². The van der Waals surface area contributed by atoms with Crippen molar-refractivity contribution in [1.82, 2.24) is 19.4 Å². The molecule has 0 bridgehead atoms. The van der Waals surface area contributed by atoms with E-state index < -0.39 is 16.1 Å². The maximum Gasteiger partial charge on any atom is 0.243 e. The van der Waals surface area contributed by atoms with Gasteiger partial charge >= 0.3 is 0 Å². The molecular weight excluding hydrogens is 460 g/mol. The summed E-state index contributed by atoms with van der Waals surface area (Å²) < 4.78 is 27.6. The number of nitrogens with one attached hydrogen (secondary N) is 1. The van der Waals surface area contributed by atoms with Crippen LogP contribution in [0.15, 0.2) is 65.6 Å². The van der Waals surface area contributed by atoms with E-state index in [1.165, 1.54) is 9.87 Å². The standard InChI is InChI=1S/C27H38N4O3S/c32-27(26-15-7-9-18-31(26)35(33,34)25-13-5-2-6-14-25)28-16-8-10-17-29-19-21-30(22-20-29)23-24-11-3-1-4-12-24/h1-6,11-14,26H,7-10,15-23H2,(H,28,32). The molecule has 190 valence electrons. The Labute approximate surface area is 210 Å². The van der Waals surface area contributed by atoms with Crippen LogP contribution in [0.5, 0.6) is 0 Å². The molecule has 0 radical (unpaired) electrons. The van der Waals surface area contributed by atoms with Gasteiger partial charge in [0.1, 0.15) is 6.04 Å². The van der Waals surface area contributed by atoms with Crippen molar-refractivity contribution in [2.24, 2.45) is 0 Å². The molecule has 0 aromatic heterocycles. The van der Waals surface area contributed by atoms with Gasteiger partial charge in [-0.1, -0.05) is 55.0 Å². The number of carbonyl (C=O) groups excluding carboxylic acids is 1. The van der Waals surface area contributed by atoms with Crippen molar-refractivity contribution in [2.45, 2.75) is 49.6 Å². The highest BCUT2D eigenvalue weighted by molar-refractivity contribution is 7.89. The number of sulfonamides is 1. The molecule has 2 saturated heterocycles. The first kappa shape index (κ1) is 25.8. The van der Waals surface area contributed by atoms with E-state index in [1.807, 2.05) is 0 Å². The second kappa shape index (κ2) is 12.6. The van der Waals surface area contributed by atoms with Gasteiger partial charge in [-0.05, 0) is 49.9 Å². The maximum absolute atomic E-state index is 13.1. The highest BCUT2D eigenvalue weighted by Gasteiger charge is 2.37. The number of benzene rings is 2. The normalized spacial score (nSPS) is 20.5. The fourth-order valence-corrected chi connectivity index (χ4v) is 6.66. The van der Waals surface area contributed by atoms with Crippen LogP contribution in [0.2, 0.25) is 0 Å². The molecule has 7 nitrogen and oxygen atoms in total. The molecule has 4 rings (SSSR count). The zero-order valence-corrected chi connectivity index (χ0v) is 21.3. The Bertz CT molecular complexity index is 1020. The third-order valence-corrected chi connectivity index (χ3v) is 8.94. The first-order valence-corrected chi connectivity index (χ1v) is 14.3. The Morgan fingerprint density at radius 1 is 0.829 bits per heavy atom. The van der Waals surface area contributed by atoms with E-state index in [2.05, 4.69) is 45.4 Å². The van der Waals surface area contributed by atoms with Gasteiger partial charge in [-0.2, -0.15) is 4.31 Å². The van der Waals surface area contributed by atoms with E-state index in [4.69, 9.17) is 0 Å². The van der Waals surface area contributed by atoms with Crippen molar-refractivity contribution in [3.8, 4) is 0 Å². The monoisotopic (exact) mass is 498 g/mol. The minimum atomic E-state index is -3.67. The summed E-state index contributed by atoms with van der Waals surface area (Å²) in [6, 6.07) is 18.4. The molecule has 2 heterocycles. The lowest BCUT2D eigenvalue weighted by atomic mass is 10.0. The summed E-state index contributed by atoms with van der Waals surface area (Å²) in [7, 11) is -3.67. The van der Waals surface area contributed by atoms with Gasteiger partial charge in [0.05, 0.1) is 4.90 Å². The average Bonchev–Trinajstić information content (AvgIpc) is 2.90. The Hall–Kier alpha value is -2.26. The summed E-state index contributed by atoms with van der Waals surface area (Å²) in [5, 5.41) is 3.01. The lowest BCUT2D eigenvalue weighted by Gasteiger charge is -2.35. The number of nitrogens with zero attached hydrogens (tertiary/aromatic N) is 3. The van der Waals surface area contributed by atoms with Crippen LogP contribution in [-0.2, 0) is 21.4 Å². The Morgan fingerprint density at radius 2 is 1.49 bits per heavy atom.